The van der Waals surface area contributed by atoms with Crippen molar-refractivity contribution >= 4 is 22.6 Å². The predicted octanol–water partition coefficient (Wildman–Crippen LogP) is 5.30. The fourth-order valence-corrected chi connectivity index (χ4v) is 5.77. The molecule has 0 atom stereocenters. The molecule has 182 valence electrons. The van der Waals surface area contributed by atoms with Gasteiger partial charge in [-0.1, -0.05) is 29.8 Å². The molecule has 2 aromatic carbocycles. The van der Waals surface area contributed by atoms with E-state index in [-0.39, 0.29) is 11.7 Å². The number of hydrogen-bond acceptors (Lipinski definition) is 3. The van der Waals surface area contributed by atoms with E-state index in [0.717, 1.165) is 62.9 Å². The highest BCUT2D eigenvalue weighted by atomic mass is 35.5. The molecule has 3 heterocycles. The fourth-order valence-electron chi connectivity index (χ4n) is 5.59. The Morgan fingerprint density at radius 1 is 0.941 bits per heavy atom. The third kappa shape index (κ3) is 4.76. The van der Waals surface area contributed by atoms with Crippen LogP contribution >= 0.6 is 11.6 Å². The molecule has 0 spiro atoms. The number of hydrogen-bond donors (Lipinski definition) is 1. The SMILES string of the molecule is O=c1[nH]c2cc(Cl)ccc2n1C1CCN(C2CCN(Cc3ccccc3C(F)(F)F)CC2)CC1. The van der Waals surface area contributed by atoms with Gasteiger partial charge < -0.3 is 9.88 Å². The van der Waals surface area contributed by atoms with Gasteiger partial charge in [-0.25, -0.2) is 4.79 Å². The number of fused-ring (bicyclic) bond motifs is 1. The first-order valence-corrected chi connectivity index (χ1v) is 12.2. The van der Waals surface area contributed by atoms with Crippen LogP contribution in [0.25, 0.3) is 11.0 Å². The van der Waals surface area contributed by atoms with Crippen LogP contribution in [0, 0.1) is 0 Å². The van der Waals surface area contributed by atoms with Crippen molar-refractivity contribution in [3.05, 3.63) is 69.1 Å². The van der Waals surface area contributed by atoms with Crippen LogP contribution in [0.5, 0.6) is 0 Å². The summed E-state index contributed by atoms with van der Waals surface area (Å²) in [5.41, 5.74) is 1.37. The first kappa shape index (κ1) is 23.5. The number of likely N-dealkylation sites (tertiary alicyclic amines) is 2. The predicted molar refractivity (Wildman–Crippen MR) is 127 cm³/mol. The molecule has 1 aromatic heterocycles. The molecule has 5 rings (SSSR count). The second-order valence-corrected chi connectivity index (χ2v) is 9.83. The second kappa shape index (κ2) is 9.40. The molecule has 2 aliphatic rings. The molecule has 34 heavy (non-hydrogen) atoms. The van der Waals surface area contributed by atoms with Crippen molar-refractivity contribution in [3.8, 4) is 0 Å². The van der Waals surface area contributed by atoms with Crippen molar-refractivity contribution < 1.29 is 13.2 Å². The molecule has 0 radical (unpaired) electrons. The maximum absolute atomic E-state index is 13.3. The number of halogens is 4. The molecule has 0 bridgehead atoms. The number of rotatable bonds is 4. The molecule has 2 saturated heterocycles. The van der Waals surface area contributed by atoms with E-state index in [1.54, 1.807) is 18.2 Å². The van der Waals surface area contributed by atoms with Crippen LogP contribution in [0.15, 0.2) is 47.3 Å². The van der Waals surface area contributed by atoms with E-state index >= 15 is 0 Å². The van der Waals surface area contributed by atoms with Crippen molar-refractivity contribution in [2.75, 3.05) is 26.2 Å². The smallest absolute Gasteiger partial charge is 0.305 e. The Morgan fingerprint density at radius 2 is 1.62 bits per heavy atom. The van der Waals surface area contributed by atoms with E-state index in [2.05, 4.69) is 14.8 Å². The molecule has 2 fully saturated rings. The van der Waals surface area contributed by atoms with Gasteiger partial charge in [-0.05, 0) is 68.6 Å². The van der Waals surface area contributed by atoms with Gasteiger partial charge in [-0.15, -0.1) is 0 Å². The Kier molecular flexibility index (Phi) is 6.48. The number of piperidine rings is 2. The van der Waals surface area contributed by atoms with Gasteiger partial charge in [0.2, 0.25) is 0 Å². The highest BCUT2D eigenvalue weighted by molar-refractivity contribution is 6.31. The summed E-state index contributed by atoms with van der Waals surface area (Å²) < 4.78 is 41.8. The first-order valence-electron chi connectivity index (χ1n) is 11.8. The molecular weight excluding hydrogens is 465 g/mol. The Morgan fingerprint density at radius 3 is 2.32 bits per heavy atom. The minimum Gasteiger partial charge on any atom is -0.305 e. The van der Waals surface area contributed by atoms with Gasteiger partial charge in [-0.2, -0.15) is 13.2 Å². The lowest BCUT2D eigenvalue weighted by atomic mass is 9.97. The zero-order valence-electron chi connectivity index (χ0n) is 18.8. The number of nitrogens with one attached hydrogen (secondary N) is 1. The monoisotopic (exact) mass is 492 g/mol. The number of alkyl halides is 3. The summed E-state index contributed by atoms with van der Waals surface area (Å²) in [5.74, 6) is 0. The lowest BCUT2D eigenvalue weighted by Crippen LogP contribution is -2.48. The number of H-pyrrole nitrogens is 1. The highest BCUT2D eigenvalue weighted by Gasteiger charge is 2.34. The normalized spacial score (nSPS) is 19.8. The Balaban J connectivity index is 1.17. The van der Waals surface area contributed by atoms with Crippen molar-refractivity contribution in [2.24, 2.45) is 0 Å². The first-order chi connectivity index (χ1) is 16.3. The second-order valence-electron chi connectivity index (χ2n) is 9.39. The maximum Gasteiger partial charge on any atom is 0.416 e. The van der Waals surface area contributed by atoms with Gasteiger partial charge >= 0.3 is 11.9 Å². The molecule has 3 aromatic rings. The zero-order chi connectivity index (χ0) is 23.9. The van der Waals surface area contributed by atoms with Crippen LogP contribution in [-0.4, -0.2) is 51.6 Å². The average molecular weight is 493 g/mol. The quantitative estimate of drug-likeness (QED) is 0.537. The standard InChI is InChI=1S/C25H28ClF3N4O/c26-18-5-6-23-22(15-18)30-24(34)33(23)20-9-13-32(14-10-20)19-7-11-31(12-8-19)16-17-3-1-2-4-21(17)25(27,28)29/h1-6,15,19-20H,7-14,16H2,(H,30,34). The van der Waals surface area contributed by atoms with Crippen LogP contribution in [0.1, 0.15) is 42.9 Å². The van der Waals surface area contributed by atoms with Gasteiger partial charge in [0.25, 0.3) is 0 Å². The number of aromatic amines is 1. The summed E-state index contributed by atoms with van der Waals surface area (Å²) in [5, 5.41) is 0.601. The number of imidazole rings is 1. The molecule has 5 nitrogen and oxygen atoms in total. The topological polar surface area (TPSA) is 44.3 Å². The van der Waals surface area contributed by atoms with Gasteiger partial charge in [0.15, 0.2) is 0 Å². The van der Waals surface area contributed by atoms with Crippen LogP contribution < -0.4 is 5.69 Å². The summed E-state index contributed by atoms with van der Waals surface area (Å²) in [4.78, 5) is 20.1. The summed E-state index contributed by atoms with van der Waals surface area (Å²) in [6.07, 6.45) is -0.629. The summed E-state index contributed by atoms with van der Waals surface area (Å²) in [7, 11) is 0. The molecule has 0 aliphatic carbocycles. The van der Waals surface area contributed by atoms with E-state index in [1.807, 2.05) is 16.7 Å². The Bertz CT molecular complexity index is 1200. The summed E-state index contributed by atoms with van der Waals surface area (Å²) in [6, 6.07) is 12.0. The number of aromatic nitrogens is 2. The van der Waals surface area contributed by atoms with Gasteiger partial charge in [0.1, 0.15) is 0 Å². The van der Waals surface area contributed by atoms with Gasteiger partial charge in [0, 0.05) is 36.7 Å². The van der Waals surface area contributed by atoms with Crippen molar-refractivity contribution in [3.63, 3.8) is 0 Å². The minimum absolute atomic E-state index is 0.0943. The highest BCUT2D eigenvalue weighted by Crippen LogP contribution is 2.33. The van der Waals surface area contributed by atoms with Crippen molar-refractivity contribution in [2.45, 2.75) is 50.5 Å². The molecule has 9 heteroatoms. The average Bonchev–Trinajstić information content (AvgIpc) is 3.14. The van der Waals surface area contributed by atoms with Crippen molar-refractivity contribution in [1.82, 2.24) is 19.4 Å². The van der Waals surface area contributed by atoms with E-state index < -0.39 is 11.7 Å². The minimum atomic E-state index is -4.32. The summed E-state index contributed by atoms with van der Waals surface area (Å²) in [6.45, 7) is 3.74. The van der Waals surface area contributed by atoms with Crippen molar-refractivity contribution in [1.29, 1.82) is 0 Å². The third-order valence-electron chi connectivity index (χ3n) is 7.33. The number of nitrogens with zero attached hydrogens (tertiary/aromatic N) is 3. The maximum atomic E-state index is 13.3. The Labute approximate surface area is 201 Å². The molecule has 0 saturated carbocycles. The van der Waals surface area contributed by atoms with Crippen LogP contribution in [0.2, 0.25) is 5.02 Å². The Hall–Kier alpha value is -2.29. The molecule has 2 aliphatic heterocycles. The van der Waals surface area contributed by atoms with Crippen LogP contribution in [0.4, 0.5) is 13.2 Å². The largest absolute Gasteiger partial charge is 0.416 e. The van der Waals surface area contributed by atoms with Crippen LogP contribution in [0.3, 0.4) is 0 Å². The lowest BCUT2D eigenvalue weighted by molar-refractivity contribution is -0.138. The van der Waals surface area contributed by atoms with E-state index in [0.29, 0.717) is 23.2 Å². The van der Waals surface area contributed by atoms with E-state index in [4.69, 9.17) is 11.6 Å². The fraction of sp³-hybridized carbons (Fsp3) is 0.480. The van der Waals surface area contributed by atoms with Crippen LogP contribution in [-0.2, 0) is 12.7 Å². The summed E-state index contributed by atoms with van der Waals surface area (Å²) >= 11 is 6.06. The third-order valence-corrected chi connectivity index (χ3v) is 7.57. The number of benzene rings is 2. The molecule has 0 amide bonds. The van der Waals surface area contributed by atoms with E-state index in [1.165, 1.54) is 12.1 Å². The molecular formula is C25H28ClF3N4O. The lowest BCUT2D eigenvalue weighted by Gasteiger charge is -2.42. The van der Waals surface area contributed by atoms with Gasteiger partial charge in [0.05, 0.1) is 16.6 Å². The van der Waals surface area contributed by atoms with E-state index in [9.17, 15) is 18.0 Å². The molecule has 1 N–H and O–H groups in total. The molecule has 0 unspecified atom stereocenters. The van der Waals surface area contributed by atoms with Gasteiger partial charge in [-0.3, -0.25) is 9.47 Å². The zero-order valence-corrected chi connectivity index (χ0v) is 19.6.